The van der Waals surface area contributed by atoms with Gasteiger partial charge in [-0.3, -0.25) is 18.0 Å². The molecule has 12 aliphatic carbocycles. The zero-order valence-corrected chi connectivity index (χ0v) is 38.6. The van der Waals surface area contributed by atoms with Crippen LogP contribution in [0.25, 0.3) is 0 Å². The van der Waals surface area contributed by atoms with E-state index in [1.807, 2.05) is 0 Å². The van der Waals surface area contributed by atoms with Crippen molar-refractivity contribution in [3.8, 4) is 17.2 Å². The van der Waals surface area contributed by atoms with Crippen molar-refractivity contribution < 1.29 is 53.8 Å². The van der Waals surface area contributed by atoms with E-state index in [-0.39, 0.29) is 49.8 Å². The van der Waals surface area contributed by atoms with Crippen LogP contribution in [0.1, 0.15) is 116 Å². The van der Waals surface area contributed by atoms with Crippen molar-refractivity contribution >= 4 is 38.3 Å². The molecule has 0 heterocycles. The van der Waals surface area contributed by atoms with Crippen molar-refractivity contribution in [2.24, 2.45) is 69.5 Å². The molecule has 352 valence electrons. The molecule has 15 rings (SSSR count). The minimum absolute atomic E-state index is 0.126. The van der Waals surface area contributed by atoms with Gasteiger partial charge in [-0.1, -0.05) is 0 Å². The number of carbonyl (C=O) groups excluding carboxylic acids is 3. The summed E-state index contributed by atoms with van der Waals surface area (Å²) in [6, 6.07) is 17.9. The molecule has 12 fully saturated rings. The minimum atomic E-state index is -6.16. The second-order valence-electron chi connectivity index (χ2n) is 22.8. The van der Waals surface area contributed by atoms with Crippen LogP contribution in [0.4, 0.5) is 13.2 Å². The number of alkyl halides is 3. The average Bonchev–Trinajstić information content (AvgIpc) is 3.25. The monoisotopic (exact) mass is 947 g/mol. The normalized spacial score (nSPS) is 38.1. The zero-order chi connectivity index (χ0) is 45.4. The summed E-state index contributed by atoms with van der Waals surface area (Å²) in [6.45, 7) is 0. The largest absolute Gasteiger partial charge is 0.572 e. The maximum Gasteiger partial charge on any atom is 0.572 e. The summed E-state index contributed by atoms with van der Waals surface area (Å²) in [5, 5.41) is 0. The number of rotatable bonds is 11. The Kier molecular flexibility index (Phi) is 10.1. The van der Waals surface area contributed by atoms with Gasteiger partial charge in [0.05, 0.1) is 41.2 Å². The van der Waals surface area contributed by atoms with Crippen molar-refractivity contribution in [1.82, 2.24) is 0 Å². The first-order valence-corrected chi connectivity index (χ1v) is 27.4. The summed E-state index contributed by atoms with van der Waals surface area (Å²) >= 11 is 0. The van der Waals surface area contributed by atoms with Gasteiger partial charge in [0.2, 0.25) is 0 Å². The standard InChI is InChI=1S/C52H57F3O9S2/c53-52(54,55)66(59,60)64-65(43-7-1-40(2-8-43)61-46(56)49-22-31-13-32(23-49)15-33(14-31)24-49,44-9-3-41(4-10-44)62-47(57)50-25-34-16-35(26-50)18-36(17-34)27-50)45-11-5-42(6-12-45)63-48(58)51-28-37-19-38(29-51)21-39(20-37)30-51/h1-12,31-39H,13-30H2/p+1. The van der Waals surface area contributed by atoms with Crippen LogP contribution >= 0.6 is 10.3 Å². The van der Waals surface area contributed by atoms with Gasteiger partial charge in [0.25, 0.3) is 0 Å². The van der Waals surface area contributed by atoms with Crippen LogP contribution in [0.15, 0.2) is 87.5 Å². The Hall–Kier alpha value is -3.88. The predicted molar refractivity (Wildman–Crippen MR) is 238 cm³/mol. The highest BCUT2D eigenvalue weighted by Gasteiger charge is 2.60. The van der Waals surface area contributed by atoms with Gasteiger partial charge in [-0.05, 0) is 242 Å². The summed E-state index contributed by atoms with van der Waals surface area (Å²) in [4.78, 5) is 42.2. The first-order valence-electron chi connectivity index (χ1n) is 24.3. The third-order valence-electron chi connectivity index (χ3n) is 18.0. The molecule has 0 amide bonds. The van der Waals surface area contributed by atoms with Crippen LogP contribution in [-0.4, -0.2) is 35.5 Å². The molecule has 0 unspecified atom stereocenters. The van der Waals surface area contributed by atoms with Gasteiger partial charge >= 0.3 is 33.5 Å². The molecular formula is C52H58F3O9S2+. The fourth-order valence-electron chi connectivity index (χ4n) is 16.6. The first kappa shape index (κ1) is 43.4. The predicted octanol–water partition coefficient (Wildman–Crippen LogP) is 12.2. The summed E-state index contributed by atoms with van der Waals surface area (Å²) in [6.07, 6.45) is 17.4. The lowest BCUT2D eigenvalue weighted by atomic mass is 9.49. The molecule has 0 spiro atoms. The van der Waals surface area contributed by atoms with Crippen LogP contribution < -0.4 is 14.2 Å². The number of esters is 3. The second kappa shape index (κ2) is 15.3. The lowest BCUT2D eigenvalue weighted by molar-refractivity contribution is -0.162. The minimum Gasteiger partial charge on any atom is -0.426 e. The van der Waals surface area contributed by atoms with E-state index in [4.69, 9.17) is 14.2 Å². The van der Waals surface area contributed by atoms with Crippen LogP contribution in [0.2, 0.25) is 0 Å². The number of hydrogen-bond acceptors (Lipinski definition) is 8. The Morgan fingerprint density at radius 2 is 0.636 bits per heavy atom. The molecule has 14 heteroatoms. The van der Waals surface area contributed by atoms with Crippen molar-refractivity contribution in [3.63, 3.8) is 0 Å². The van der Waals surface area contributed by atoms with Gasteiger partial charge in [-0.15, -0.1) is 8.42 Å². The Morgan fingerprint density at radius 3 is 0.833 bits per heavy atom. The summed E-state index contributed by atoms with van der Waals surface area (Å²) in [5.41, 5.74) is -7.40. The Labute approximate surface area is 385 Å². The van der Waals surface area contributed by atoms with Crippen molar-refractivity contribution in [2.75, 3.05) is 0 Å². The highest BCUT2D eigenvalue weighted by atomic mass is 32.3. The fourth-order valence-corrected chi connectivity index (χ4v) is 21.5. The Morgan fingerprint density at radius 1 is 0.424 bits per heavy atom. The molecule has 0 atom stereocenters. The van der Waals surface area contributed by atoms with E-state index in [0.717, 1.165) is 116 Å². The molecule has 0 radical (unpaired) electrons. The number of benzene rings is 3. The van der Waals surface area contributed by atoms with Gasteiger partial charge in [-0.25, -0.2) is 0 Å². The molecule has 3 aromatic rings. The molecule has 0 saturated heterocycles. The summed E-state index contributed by atoms with van der Waals surface area (Å²) < 4.78 is 92.8. The average molecular weight is 948 g/mol. The number of carbonyl (C=O) groups is 3. The quantitative estimate of drug-likeness (QED) is 0.0612. The van der Waals surface area contributed by atoms with Gasteiger partial charge in [-0.2, -0.15) is 13.2 Å². The smallest absolute Gasteiger partial charge is 0.426 e. The molecule has 3 aromatic carbocycles. The number of hydrogen-bond donors (Lipinski definition) is 0. The molecule has 9 nitrogen and oxygen atoms in total. The maximum absolute atomic E-state index is 14.6. The molecule has 12 aliphatic rings. The van der Waals surface area contributed by atoms with Gasteiger partial charge < -0.3 is 14.2 Å². The molecule has 0 aromatic heterocycles. The van der Waals surface area contributed by atoms with E-state index >= 15 is 0 Å². The van der Waals surface area contributed by atoms with E-state index in [2.05, 4.69) is 3.63 Å². The van der Waals surface area contributed by atoms with E-state index in [9.17, 15) is 36.0 Å². The van der Waals surface area contributed by atoms with E-state index in [1.165, 1.54) is 72.8 Å². The third-order valence-corrected chi connectivity index (χ3v) is 23.2. The van der Waals surface area contributed by atoms with E-state index in [1.54, 1.807) is 0 Å². The molecule has 0 aliphatic heterocycles. The van der Waals surface area contributed by atoms with Crippen LogP contribution in [-0.2, 0) is 24.5 Å². The van der Waals surface area contributed by atoms with Crippen molar-refractivity contribution in [1.29, 1.82) is 0 Å². The summed E-state index contributed by atoms with van der Waals surface area (Å²) in [5.74, 6) is 4.26. The maximum atomic E-state index is 14.6. The Bertz CT molecular complexity index is 2200. The molecule has 1 N–H and O–H groups in total. The Balaban J connectivity index is 0.889. The summed E-state index contributed by atoms with van der Waals surface area (Å²) in [7, 11) is -9.88. The van der Waals surface area contributed by atoms with Gasteiger partial charge in [0.1, 0.15) is 17.2 Å². The highest BCUT2D eigenvalue weighted by Crippen LogP contribution is 2.70. The third kappa shape index (κ3) is 7.26. The lowest BCUT2D eigenvalue weighted by Gasteiger charge is -2.55. The molecular weight excluding hydrogens is 890 g/mol. The first-order chi connectivity index (χ1) is 31.5. The van der Waals surface area contributed by atoms with Crippen molar-refractivity contribution in [2.45, 2.75) is 136 Å². The van der Waals surface area contributed by atoms with Crippen LogP contribution in [0.3, 0.4) is 0 Å². The van der Waals surface area contributed by atoms with E-state index < -0.39 is 42.2 Å². The molecule has 12 bridgehead atoms. The molecule has 66 heavy (non-hydrogen) atoms. The number of halogens is 3. The topological polar surface area (TPSA) is 126 Å². The SMILES string of the molecule is O=C(Oc1ccc(S([OH+]S(=O)(=O)C(F)(F)F)(c2ccc(OC(=O)C34CC5CC(CC(C5)C3)C4)cc2)c2ccc(OC(=O)C34CC5CC(CC(C5)C3)C4)cc2)cc1)C12CC3CC(CC(C3)C1)C2. The molecule has 12 saturated carbocycles. The van der Waals surface area contributed by atoms with Crippen LogP contribution in [0.5, 0.6) is 17.2 Å². The highest BCUT2D eigenvalue weighted by molar-refractivity contribution is 8.32. The zero-order valence-electron chi connectivity index (χ0n) is 37.0. The second-order valence-corrected chi connectivity index (χ2v) is 27.3. The number of ether oxygens (including phenoxy) is 3. The van der Waals surface area contributed by atoms with Gasteiger partial charge in [0.15, 0.2) is 0 Å². The lowest BCUT2D eigenvalue weighted by Crippen LogP contribution is -2.51. The van der Waals surface area contributed by atoms with Gasteiger partial charge in [0, 0.05) is 0 Å². The fraction of sp³-hybridized carbons (Fsp3) is 0.596. The van der Waals surface area contributed by atoms with E-state index in [0.29, 0.717) is 53.3 Å². The van der Waals surface area contributed by atoms with Crippen LogP contribution in [0, 0.1) is 69.5 Å². The van der Waals surface area contributed by atoms with Crippen molar-refractivity contribution in [3.05, 3.63) is 72.8 Å².